The van der Waals surface area contributed by atoms with Gasteiger partial charge >= 0.3 is 0 Å². The first-order chi connectivity index (χ1) is 10.0. The largest absolute Gasteiger partial charge is 0.383 e. The van der Waals surface area contributed by atoms with Crippen LogP contribution < -0.4 is 10.6 Å². The summed E-state index contributed by atoms with van der Waals surface area (Å²) in [7, 11) is 1.39. The second-order valence-corrected chi connectivity index (χ2v) is 4.21. The number of nitriles is 1. The molecule has 2 aromatic rings. The van der Waals surface area contributed by atoms with Gasteiger partial charge in [0.05, 0.1) is 11.6 Å². The molecule has 0 radical (unpaired) electrons. The molecule has 0 aliphatic rings. The minimum Gasteiger partial charge on any atom is -0.383 e. The Bertz CT molecular complexity index is 698. The molecule has 2 aromatic carbocycles. The lowest BCUT2D eigenvalue weighted by Crippen LogP contribution is -2.13. The van der Waals surface area contributed by atoms with Crippen LogP contribution in [-0.4, -0.2) is 13.0 Å². The Morgan fingerprint density at radius 2 is 1.71 bits per heavy atom. The quantitative estimate of drug-likeness (QED) is 0.911. The van der Waals surface area contributed by atoms with Crippen LogP contribution in [0.25, 0.3) is 0 Å². The van der Waals surface area contributed by atoms with Crippen molar-refractivity contribution in [3.05, 3.63) is 59.2 Å². The van der Waals surface area contributed by atoms with Gasteiger partial charge in [-0.05, 0) is 36.4 Å². The molecule has 0 fully saturated rings. The summed E-state index contributed by atoms with van der Waals surface area (Å²) in [5, 5.41) is 13.6. The Morgan fingerprint density at radius 3 is 2.19 bits per heavy atom. The fourth-order valence-electron chi connectivity index (χ4n) is 1.77. The average Bonchev–Trinajstić information content (AvgIpc) is 2.47. The van der Waals surface area contributed by atoms with Crippen LogP contribution in [0, 0.1) is 23.0 Å². The van der Waals surface area contributed by atoms with Crippen molar-refractivity contribution in [3.63, 3.8) is 0 Å². The molecule has 0 atom stereocenters. The number of benzene rings is 2. The van der Waals surface area contributed by atoms with E-state index in [1.165, 1.54) is 31.3 Å². The van der Waals surface area contributed by atoms with Crippen molar-refractivity contribution in [2.24, 2.45) is 0 Å². The molecule has 0 spiro atoms. The van der Waals surface area contributed by atoms with E-state index in [-0.39, 0.29) is 11.3 Å². The van der Waals surface area contributed by atoms with Crippen molar-refractivity contribution in [1.82, 2.24) is 0 Å². The summed E-state index contributed by atoms with van der Waals surface area (Å²) in [6, 6.07) is 9.98. The zero-order chi connectivity index (χ0) is 15.4. The molecule has 6 heteroatoms. The first-order valence-corrected chi connectivity index (χ1v) is 6.03. The van der Waals surface area contributed by atoms with E-state index in [0.29, 0.717) is 11.3 Å². The van der Waals surface area contributed by atoms with Gasteiger partial charge in [0, 0.05) is 18.3 Å². The molecule has 0 aromatic heterocycles. The maximum absolute atomic E-state index is 13.6. The zero-order valence-corrected chi connectivity index (χ0v) is 11.1. The minimum absolute atomic E-state index is 0.131. The van der Waals surface area contributed by atoms with Crippen LogP contribution in [0.2, 0.25) is 0 Å². The smallest absolute Gasteiger partial charge is 0.255 e. The fourth-order valence-corrected chi connectivity index (χ4v) is 1.77. The molecular formula is C15H11F2N3O. The molecule has 4 nitrogen and oxygen atoms in total. The predicted molar refractivity (Wildman–Crippen MR) is 75.0 cm³/mol. The second kappa shape index (κ2) is 6.01. The van der Waals surface area contributed by atoms with Crippen LogP contribution in [0.4, 0.5) is 20.2 Å². The molecule has 0 bridgehead atoms. The highest BCUT2D eigenvalue weighted by molar-refractivity contribution is 6.04. The van der Waals surface area contributed by atoms with Gasteiger partial charge in [0.1, 0.15) is 17.3 Å². The highest BCUT2D eigenvalue weighted by atomic mass is 19.1. The van der Waals surface area contributed by atoms with Gasteiger partial charge in [-0.2, -0.15) is 5.26 Å². The zero-order valence-electron chi connectivity index (χ0n) is 11.1. The number of hydrogen-bond acceptors (Lipinski definition) is 3. The molecule has 0 saturated carbocycles. The number of carbonyl (C=O) groups excluding carboxylic acids is 1. The Balaban J connectivity index is 2.22. The summed E-state index contributed by atoms with van der Waals surface area (Å²) in [6.45, 7) is 0. The topological polar surface area (TPSA) is 64.9 Å². The van der Waals surface area contributed by atoms with Gasteiger partial charge in [-0.15, -0.1) is 0 Å². The average molecular weight is 287 g/mol. The van der Waals surface area contributed by atoms with Crippen LogP contribution in [-0.2, 0) is 0 Å². The maximum Gasteiger partial charge on any atom is 0.255 e. The number of halogens is 2. The third-order valence-corrected chi connectivity index (χ3v) is 2.83. The highest BCUT2D eigenvalue weighted by Gasteiger charge is 2.14. The van der Waals surface area contributed by atoms with Crippen molar-refractivity contribution in [2.75, 3.05) is 17.7 Å². The normalized spacial score (nSPS) is 9.81. The van der Waals surface area contributed by atoms with Crippen molar-refractivity contribution in [3.8, 4) is 6.07 Å². The molecular weight excluding hydrogens is 276 g/mol. The second-order valence-electron chi connectivity index (χ2n) is 4.21. The molecule has 2 N–H and O–H groups in total. The molecule has 2 rings (SSSR count). The minimum atomic E-state index is -0.845. The molecule has 0 heterocycles. The van der Waals surface area contributed by atoms with Gasteiger partial charge in [-0.1, -0.05) is 0 Å². The van der Waals surface area contributed by atoms with E-state index >= 15 is 0 Å². The fraction of sp³-hybridized carbons (Fsp3) is 0.0667. The summed E-state index contributed by atoms with van der Waals surface area (Å²) in [5.41, 5.74) is 0.458. The molecule has 0 saturated heterocycles. The van der Waals surface area contributed by atoms with Crippen LogP contribution >= 0.6 is 0 Å². The predicted octanol–water partition coefficient (Wildman–Crippen LogP) is 3.13. The Kier molecular flexibility index (Phi) is 4.14. The third kappa shape index (κ3) is 3.15. The number of amides is 1. The van der Waals surface area contributed by atoms with E-state index in [4.69, 9.17) is 5.26 Å². The lowest BCUT2D eigenvalue weighted by Gasteiger charge is -2.08. The summed E-state index contributed by atoms with van der Waals surface area (Å²) < 4.78 is 27.2. The molecule has 21 heavy (non-hydrogen) atoms. The van der Waals surface area contributed by atoms with Gasteiger partial charge in [0.25, 0.3) is 5.91 Å². The molecule has 106 valence electrons. The Morgan fingerprint density at radius 1 is 1.14 bits per heavy atom. The number of nitrogens with one attached hydrogen (secondary N) is 2. The van der Waals surface area contributed by atoms with Crippen molar-refractivity contribution < 1.29 is 13.6 Å². The molecule has 0 aliphatic carbocycles. The lowest BCUT2D eigenvalue weighted by molar-refractivity contribution is 0.102. The number of rotatable bonds is 3. The summed E-state index contributed by atoms with van der Waals surface area (Å²) in [6.07, 6.45) is 0. The van der Waals surface area contributed by atoms with Gasteiger partial charge in [0.2, 0.25) is 0 Å². The van der Waals surface area contributed by atoms with Crippen LogP contribution in [0.3, 0.4) is 0 Å². The standard InChI is InChI=1S/C15H11F2N3O/c1-19-14-12(16)6-10(7-13(14)17)15(21)20-11-4-2-9(8-18)3-5-11/h2-7,19H,1H3,(H,20,21). The van der Waals surface area contributed by atoms with Crippen LogP contribution in [0.15, 0.2) is 36.4 Å². The van der Waals surface area contributed by atoms with Gasteiger partial charge in [0.15, 0.2) is 0 Å². The molecule has 0 unspecified atom stereocenters. The van der Waals surface area contributed by atoms with E-state index in [1.54, 1.807) is 0 Å². The van der Waals surface area contributed by atoms with E-state index < -0.39 is 17.5 Å². The number of nitrogens with zero attached hydrogens (tertiary/aromatic N) is 1. The molecule has 1 amide bonds. The number of anilines is 2. The monoisotopic (exact) mass is 287 g/mol. The highest BCUT2D eigenvalue weighted by Crippen LogP contribution is 2.21. The Hall–Kier alpha value is -2.94. The molecule has 0 aliphatic heterocycles. The van der Waals surface area contributed by atoms with E-state index in [1.807, 2.05) is 6.07 Å². The van der Waals surface area contributed by atoms with Gasteiger partial charge < -0.3 is 10.6 Å². The SMILES string of the molecule is CNc1c(F)cc(C(=O)Nc2ccc(C#N)cc2)cc1F. The van der Waals surface area contributed by atoms with Crippen molar-refractivity contribution in [1.29, 1.82) is 5.26 Å². The van der Waals surface area contributed by atoms with E-state index in [0.717, 1.165) is 12.1 Å². The maximum atomic E-state index is 13.6. The van der Waals surface area contributed by atoms with E-state index in [2.05, 4.69) is 10.6 Å². The van der Waals surface area contributed by atoms with Crippen molar-refractivity contribution >= 4 is 17.3 Å². The first kappa shape index (κ1) is 14.5. The van der Waals surface area contributed by atoms with Gasteiger partial charge in [-0.3, -0.25) is 4.79 Å². The first-order valence-electron chi connectivity index (χ1n) is 6.03. The van der Waals surface area contributed by atoms with Crippen molar-refractivity contribution in [2.45, 2.75) is 0 Å². The number of carbonyl (C=O) groups is 1. The Labute approximate surface area is 120 Å². The van der Waals surface area contributed by atoms with Crippen LogP contribution in [0.5, 0.6) is 0 Å². The van der Waals surface area contributed by atoms with Gasteiger partial charge in [-0.25, -0.2) is 8.78 Å². The third-order valence-electron chi connectivity index (χ3n) is 2.83. The summed E-state index contributed by atoms with van der Waals surface area (Å²) in [5.74, 6) is -2.33. The van der Waals surface area contributed by atoms with Crippen LogP contribution in [0.1, 0.15) is 15.9 Å². The number of hydrogen-bond donors (Lipinski definition) is 2. The lowest BCUT2D eigenvalue weighted by atomic mass is 10.1. The summed E-state index contributed by atoms with van der Waals surface area (Å²) in [4.78, 5) is 11.9. The summed E-state index contributed by atoms with van der Waals surface area (Å²) >= 11 is 0. The van der Waals surface area contributed by atoms with E-state index in [9.17, 15) is 13.6 Å².